The number of hydrogen-bond donors (Lipinski definition) is 0. The highest BCUT2D eigenvalue weighted by Gasteiger charge is 2.31. The van der Waals surface area contributed by atoms with Crippen LogP contribution in [0.15, 0.2) is 0 Å². The maximum absolute atomic E-state index is 6.03. The van der Waals surface area contributed by atoms with Crippen molar-refractivity contribution in [2.45, 2.75) is 72.0 Å². The topological polar surface area (TPSA) is 27.7 Å². The molecule has 0 spiro atoms. The first-order valence-corrected chi connectivity index (χ1v) is 21.9. The first-order valence-electron chi connectivity index (χ1n) is 7.28. The monoisotopic (exact) mass is 356 g/mol. The summed E-state index contributed by atoms with van der Waals surface area (Å²) in [6.07, 6.45) is 0. The molecule has 118 valence electrons. The predicted octanol–water partition coefficient (Wildman–Crippen LogP) is 3.51. The van der Waals surface area contributed by atoms with E-state index in [-0.39, 0.29) is 0 Å². The minimum absolute atomic E-state index is 0.667. The van der Waals surface area contributed by atoms with E-state index in [2.05, 4.69) is 72.0 Å². The Kier molecular flexibility index (Phi) is 11.5. The van der Waals surface area contributed by atoms with Gasteiger partial charge in [0.2, 0.25) is 0 Å². The fourth-order valence-corrected chi connectivity index (χ4v) is 17.3. The van der Waals surface area contributed by atoms with Crippen molar-refractivity contribution >= 4 is 44.0 Å². The van der Waals surface area contributed by atoms with Gasteiger partial charge in [-0.25, -0.2) is 0 Å². The van der Waals surface area contributed by atoms with Crippen LogP contribution in [0.25, 0.3) is 0 Å². The summed E-state index contributed by atoms with van der Waals surface area (Å²) >= 11 is 0. The molecule has 0 unspecified atom stereocenters. The first kappa shape index (κ1) is 22.2. The summed E-state index contributed by atoms with van der Waals surface area (Å²) in [7, 11) is -5.44. The van der Waals surface area contributed by atoms with Crippen molar-refractivity contribution in [3.05, 3.63) is 0 Å². The summed E-state index contributed by atoms with van der Waals surface area (Å²) in [4.78, 5) is 0. The molecule has 0 aromatic rings. The zero-order valence-corrected chi connectivity index (χ0v) is 20.4. The Morgan fingerprint density at radius 2 is 1.00 bits per heavy atom. The van der Waals surface area contributed by atoms with E-state index in [9.17, 15) is 0 Å². The zero-order chi connectivity index (χ0) is 15.9. The molecule has 0 heterocycles. The Hall–Kier alpha value is 0.964. The van der Waals surface area contributed by atoms with Gasteiger partial charge in [-0.05, 0) is 72.0 Å². The third-order valence-corrected chi connectivity index (χ3v) is 14.5. The van der Waals surface area contributed by atoms with Crippen LogP contribution in [0.3, 0.4) is 0 Å². The molecule has 0 atom stereocenters. The summed E-state index contributed by atoms with van der Waals surface area (Å²) in [6, 6.07) is 0. The Morgan fingerprint density at radius 1 is 0.632 bits per heavy atom. The molecule has 0 saturated carbocycles. The lowest BCUT2D eigenvalue weighted by molar-refractivity contribution is 0.405. The second kappa shape index (κ2) is 9.82. The normalized spacial score (nSPS) is 12.9. The first-order chi connectivity index (χ1) is 8.25. The van der Waals surface area contributed by atoms with Gasteiger partial charge in [-0.15, -0.1) is 0 Å². The van der Waals surface area contributed by atoms with E-state index in [4.69, 9.17) is 12.3 Å². The lowest BCUT2D eigenvalue weighted by atomic mass is 11.8. The van der Waals surface area contributed by atoms with Gasteiger partial charge in [0.05, 0.1) is 0 Å². The fourth-order valence-electron chi connectivity index (χ4n) is 1.87. The molecule has 0 fully saturated rings. The van der Waals surface area contributed by atoms with Crippen molar-refractivity contribution < 1.29 is 12.3 Å². The molecule has 0 N–H and O–H groups in total. The quantitative estimate of drug-likeness (QED) is 0.682. The average Bonchev–Trinajstić information content (AvgIpc) is 1.91. The molecular formula is C11H36O3Si5. The molecule has 0 saturated heterocycles. The van der Waals surface area contributed by atoms with E-state index in [1.54, 1.807) is 0 Å². The van der Waals surface area contributed by atoms with E-state index in [0.717, 1.165) is 0 Å². The van der Waals surface area contributed by atoms with E-state index < -0.39 is 44.0 Å². The fraction of sp³-hybridized carbons (Fsp3) is 1.00. The van der Waals surface area contributed by atoms with Crippen molar-refractivity contribution in [1.29, 1.82) is 0 Å². The smallest absolute Gasteiger partial charge is 0.310 e. The van der Waals surface area contributed by atoms with Crippen molar-refractivity contribution in [3.8, 4) is 0 Å². The highest BCUT2D eigenvalue weighted by molar-refractivity contribution is 6.83. The van der Waals surface area contributed by atoms with Gasteiger partial charge >= 0.3 is 8.56 Å². The van der Waals surface area contributed by atoms with Crippen LogP contribution in [0.5, 0.6) is 0 Å². The molecule has 0 amide bonds. The van der Waals surface area contributed by atoms with Crippen LogP contribution in [-0.4, -0.2) is 44.0 Å². The average molecular weight is 357 g/mol. The van der Waals surface area contributed by atoms with Crippen LogP contribution in [-0.2, 0) is 12.3 Å². The van der Waals surface area contributed by atoms with Crippen LogP contribution in [0, 0.1) is 0 Å². The van der Waals surface area contributed by atoms with Crippen LogP contribution >= 0.6 is 0 Å². The van der Waals surface area contributed by atoms with Gasteiger partial charge in [0.25, 0.3) is 0 Å². The highest BCUT2D eigenvalue weighted by Crippen LogP contribution is 2.15. The molecule has 0 radical (unpaired) electrons. The predicted molar refractivity (Wildman–Crippen MR) is 101 cm³/mol. The summed E-state index contributed by atoms with van der Waals surface area (Å²) in [6.45, 7) is 24.2. The maximum Gasteiger partial charge on any atom is 0.310 e. The van der Waals surface area contributed by atoms with E-state index >= 15 is 0 Å². The molecule has 0 aromatic carbocycles. The van der Waals surface area contributed by atoms with Gasteiger partial charge < -0.3 is 12.3 Å². The van der Waals surface area contributed by atoms with Gasteiger partial charge in [-0.3, -0.25) is 0 Å². The van der Waals surface area contributed by atoms with Gasteiger partial charge in [0.1, 0.15) is 0 Å². The van der Waals surface area contributed by atoms with Crippen molar-refractivity contribution in [2.24, 2.45) is 0 Å². The standard InChI is InChI=1S/C7H22O2Si3.C4H14OSi2/c1-10(2)8-12(6,7)9-11(3,4)5;1-6(2)5-7(3)4/h10H,1-7H3;6-7H,1-4H3. The third kappa shape index (κ3) is 21.4. The van der Waals surface area contributed by atoms with Crippen molar-refractivity contribution in [3.63, 3.8) is 0 Å². The molecule has 0 aliphatic carbocycles. The van der Waals surface area contributed by atoms with E-state index in [1.165, 1.54) is 0 Å². The van der Waals surface area contributed by atoms with Gasteiger partial charge in [-0.1, -0.05) is 0 Å². The highest BCUT2D eigenvalue weighted by atomic mass is 28.5. The second-order valence-electron chi connectivity index (χ2n) is 7.01. The van der Waals surface area contributed by atoms with Gasteiger partial charge in [0, 0.05) is 0 Å². The van der Waals surface area contributed by atoms with Crippen LogP contribution < -0.4 is 0 Å². The maximum atomic E-state index is 6.03. The molecule has 8 heteroatoms. The Bertz CT molecular complexity index is 221. The Labute approximate surface area is 128 Å². The molecule has 0 aliphatic rings. The van der Waals surface area contributed by atoms with Gasteiger partial charge in [0.15, 0.2) is 35.4 Å². The third-order valence-electron chi connectivity index (χ3n) is 1.62. The van der Waals surface area contributed by atoms with Gasteiger partial charge in [-0.2, -0.15) is 0 Å². The van der Waals surface area contributed by atoms with Crippen molar-refractivity contribution in [2.75, 3.05) is 0 Å². The molecule has 0 rings (SSSR count). The molecule has 0 aliphatic heterocycles. The van der Waals surface area contributed by atoms with Crippen molar-refractivity contribution in [1.82, 2.24) is 0 Å². The molecule has 19 heavy (non-hydrogen) atoms. The Balaban J connectivity index is 0. The molecule has 3 nitrogen and oxygen atoms in total. The summed E-state index contributed by atoms with van der Waals surface area (Å²) in [5.41, 5.74) is 0. The Morgan fingerprint density at radius 3 is 1.16 bits per heavy atom. The summed E-state index contributed by atoms with van der Waals surface area (Å²) < 4.78 is 17.5. The van der Waals surface area contributed by atoms with Crippen LogP contribution in [0.2, 0.25) is 72.0 Å². The second-order valence-corrected chi connectivity index (χ2v) is 23.2. The number of rotatable bonds is 6. The minimum Gasteiger partial charge on any atom is -0.461 e. The summed E-state index contributed by atoms with van der Waals surface area (Å²) in [5, 5.41) is 0. The lowest BCUT2D eigenvalue weighted by Gasteiger charge is -2.32. The van der Waals surface area contributed by atoms with E-state index in [0.29, 0.717) is 0 Å². The molecular weight excluding hydrogens is 321 g/mol. The van der Waals surface area contributed by atoms with Crippen LogP contribution in [0.4, 0.5) is 0 Å². The summed E-state index contributed by atoms with van der Waals surface area (Å²) in [5.74, 6) is 0. The number of hydrogen-bond acceptors (Lipinski definition) is 3. The minimum atomic E-state index is -1.78. The largest absolute Gasteiger partial charge is 0.461 e. The molecule has 0 bridgehead atoms. The SMILES string of the molecule is C[SiH](C)O[SiH](C)C.C[SiH](C)O[Si](C)(C)O[Si](C)(C)C. The van der Waals surface area contributed by atoms with Crippen LogP contribution in [0.1, 0.15) is 0 Å². The van der Waals surface area contributed by atoms with E-state index in [1.807, 2.05) is 0 Å². The molecule has 0 aromatic heterocycles. The lowest BCUT2D eigenvalue weighted by Crippen LogP contribution is -2.46. The zero-order valence-electron chi connectivity index (χ0n) is 15.0.